The largest absolute Gasteiger partial charge is 0.338 e. The summed E-state index contributed by atoms with van der Waals surface area (Å²) in [5.41, 5.74) is 3.65. The zero-order valence-corrected chi connectivity index (χ0v) is 17.8. The van der Waals surface area contributed by atoms with E-state index < -0.39 is 0 Å². The van der Waals surface area contributed by atoms with Crippen LogP contribution in [0, 0.1) is 6.92 Å². The molecule has 1 aromatic carbocycles. The fourth-order valence-electron chi connectivity index (χ4n) is 5.27. The van der Waals surface area contributed by atoms with Crippen molar-refractivity contribution in [3.05, 3.63) is 77.2 Å². The highest BCUT2D eigenvalue weighted by Crippen LogP contribution is 2.45. The molecule has 3 heterocycles. The van der Waals surface area contributed by atoms with E-state index in [1.165, 1.54) is 36.8 Å². The third-order valence-corrected chi connectivity index (χ3v) is 6.94. The molecule has 0 spiro atoms. The van der Waals surface area contributed by atoms with Crippen molar-refractivity contribution in [2.24, 2.45) is 0 Å². The molecule has 30 heavy (non-hydrogen) atoms. The second kappa shape index (κ2) is 8.31. The molecule has 1 saturated carbocycles. The molecule has 5 rings (SSSR count). The fourth-order valence-corrected chi connectivity index (χ4v) is 5.27. The average molecular weight is 403 g/mol. The van der Waals surface area contributed by atoms with Crippen LogP contribution in [0.5, 0.6) is 0 Å². The van der Waals surface area contributed by atoms with Gasteiger partial charge in [-0.1, -0.05) is 60.3 Å². The van der Waals surface area contributed by atoms with E-state index in [1.807, 2.05) is 12.3 Å². The highest BCUT2D eigenvalue weighted by molar-refractivity contribution is 5.35. The van der Waals surface area contributed by atoms with Crippen LogP contribution in [0.4, 0.5) is 0 Å². The van der Waals surface area contributed by atoms with Crippen molar-refractivity contribution in [1.82, 2.24) is 20.0 Å². The van der Waals surface area contributed by atoms with E-state index in [9.17, 15) is 0 Å². The first-order valence-corrected chi connectivity index (χ1v) is 11.3. The SMILES string of the molecule is Cc1ccc(C2(c3noc(CN4CCCCC4c4ccccn4)n3)CCCC2)cc1. The monoisotopic (exact) mass is 402 g/mol. The Hall–Kier alpha value is -2.53. The molecule has 5 nitrogen and oxygen atoms in total. The van der Waals surface area contributed by atoms with Crippen molar-refractivity contribution in [2.45, 2.75) is 69.9 Å². The third kappa shape index (κ3) is 3.67. The molecule has 1 atom stereocenters. The quantitative estimate of drug-likeness (QED) is 0.575. The van der Waals surface area contributed by atoms with Gasteiger partial charge in [0.25, 0.3) is 0 Å². The van der Waals surface area contributed by atoms with Gasteiger partial charge in [-0.25, -0.2) is 0 Å². The number of nitrogens with zero attached hydrogens (tertiary/aromatic N) is 4. The number of benzene rings is 1. The minimum absolute atomic E-state index is 0.0995. The van der Waals surface area contributed by atoms with Crippen molar-refractivity contribution in [3.63, 3.8) is 0 Å². The molecule has 5 heteroatoms. The van der Waals surface area contributed by atoms with Crippen LogP contribution in [-0.2, 0) is 12.0 Å². The van der Waals surface area contributed by atoms with Crippen LogP contribution in [0.1, 0.15) is 79.5 Å². The predicted octanol–water partition coefficient (Wildman–Crippen LogP) is 5.36. The van der Waals surface area contributed by atoms with Gasteiger partial charge in [-0.2, -0.15) is 4.98 Å². The Morgan fingerprint density at radius 1 is 1.03 bits per heavy atom. The molecule has 156 valence electrons. The molecule has 1 aliphatic carbocycles. The normalized spacial score (nSPS) is 21.7. The number of aromatic nitrogens is 3. The number of hydrogen-bond acceptors (Lipinski definition) is 5. The number of hydrogen-bond donors (Lipinski definition) is 0. The van der Waals surface area contributed by atoms with Gasteiger partial charge in [0.2, 0.25) is 5.89 Å². The van der Waals surface area contributed by atoms with E-state index in [0.717, 1.165) is 43.2 Å². The van der Waals surface area contributed by atoms with E-state index in [-0.39, 0.29) is 5.41 Å². The van der Waals surface area contributed by atoms with E-state index in [4.69, 9.17) is 9.51 Å². The lowest BCUT2D eigenvalue weighted by molar-refractivity contribution is 0.121. The van der Waals surface area contributed by atoms with Crippen LogP contribution in [0.3, 0.4) is 0 Å². The highest BCUT2D eigenvalue weighted by Gasteiger charge is 2.41. The molecule has 0 N–H and O–H groups in total. The molecule has 2 aromatic heterocycles. The predicted molar refractivity (Wildman–Crippen MR) is 116 cm³/mol. The zero-order chi connectivity index (χ0) is 20.4. The Bertz CT molecular complexity index is 960. The van der Waals surface area contributed by atoms with Crippen molar-refractivity contribution in [2.75, 3.05) is 6.54 Å². The third-order valence-electron chi connectivity index (χ3n) is 6.94. The summed E-state index contributed by atoms with van der Waals surface area (Å²) in [5, 5.41) is 4.50. The van der Waals surface area contributed by atoms with Gasteiger partial charge in [0.15, 0.2) is 5.82 Å². The van der Waals surface area contributed by atoms with E-state index in [2.05, 4.69) is 58.4 Å². The van der Waals surface area contributed by atoms with E-state index in [1.54, 1.807) is 0 Å². The fraction of sp³-hybridized carbons (Fsp3) is 0.480. The van der Waals surface area contributed by atoms with E-state index in [0.29, 0.717) is 12.6 Å². The number of aryl methyl sites for hydroxylation is 1. The molecule has 2 fully saturated rings. The first kappa shape index (κ1) is 19.4. The molecule has 0 radical (unpaired) electrons. The van der Waals surface area contributed by atoms with E-state index >= 15 is 0 Å². The average Bonchev–Trinajstić information content (AvgIpc) is 3.46. The van der Waals surface area contributed by atoms with Gasteiger partial charge in [-0.05, 0) is 56.8 Å². The molecule has 2 aliphatic rings. The van der Waals surface area contributed by atoms with Gasteiger partial charge in [0.1, 0.15) is 0 Å². The summed E-state index contributed by atoms with van der Waals surface area (Å²) in [6, 6.07) is 15.4. The number of piperidine rings is 1. The summed E-state index contributed by atoms with van der Waals surface area (Å²) in [6.45, 7) is 3.87. The molecule has 1 aliphatic heterocycles. The summed E-state index contributed by atoms with van der Waals surface area (Å²) >= 11 is 0. The zero-order valence-electron chi connectivity index (χ0n) is 17.8. The standard InChI is InChI=1S/C25H30N4O/c1-19-10-12-20(13-11-19)25(14-4-5-15-25)24-27-23(30-28-24)18-29-17-7-3-9-22(29)21-8-2-6-16-26-21/h2,6,8,10-13,16,22H,3-5,7,9,14-15,17-18H2,1H3. The lowest BCUT2D eigenvalue weighted by atomic mass is 9.78. The Morgan fingerprint density at radius 2 is 1.87 bits per heavy atom. The molecule has 1 saturated heterocycles. The summed E-state index contributed by atoms with van der Waals surface area (Å²) in [4.78, 5) is 12.0. The lowest BCUT2D eigenvalue weighted by Crippen LogP contribution is -2.33. The topological polar surface area (TPSA) is 55.1 Å². The first-order chi connectivity index (χ1) is 14.7. The van der Waals surface area contributed by atoms with Crippen LogP contribution in [0.25, 0.3) is 0 Å². The lowest BCUT2D eigenvalue weighted by Gasteiger charge is -2.34. The Morgan fingerprint density at radius 3 is 2.63 bits per heavy atom. The summed E-state index contributed by atoms with van der Waals surface area (Å²) in [5.74, 6) is 1.59. The summed E-state index contributed by atoms with van der Waals surface area (Å²) in [6.07, 6.45) is 10.1. The first-order valence-electron chi connectivity index (χ1n) is 11.3. The maximum atomic E-state index is 5.81. The van der Waals surface area contributed by atoms with Crippen LogP contribution < -0.4 is 0 Å². The van der Waals surface area contributed by atoms with Gasteiger partial charge in [-0.15, -0.1) is 0 Å². The smallest absolute Gasteiger partial charge is 0.240 e. The molecule has 0 amide bonds. The van der Waals surface area contributed by atoms with Crippen LogP contribution >= 0.6 is 0 Å². The molecular weight excluding hydrogens is 372 g/mol. The Labute approximate surface area is 178 Å². The highest BCUT2D eigenvalue weighted by atomic mass is 16.5. The van der Waals surface area contributed by atoms with Crippen molar-refractivity contribution < 1.29 is 4.52 Å². The van der Waals surface area contributed by atoms with Gasteiger partial charge >= 0.3 is 0 Å². The number of pyridine rings is 1. The van der Waals surface area contributed by atoms with Crippen molar-refractivity contribution >= 4 is 0 Å². The van der Waals surface area contributed by atoms with Crippen LogP contribution in [0.2, 0.25) is 0 Å². The van der Waals surface area contributed by atoms with Crippen LogP contribution in [0.15, 0.2) is 53.2 Å². The Balaban J connectivity index is 1.40. The summed E-state index contributed by atoms with van der Waals surface area (Å²) in [7, 11) is 0. The van der Waals surface area contributed by atoms with Gasteiger partial charge < -0.3 is 4.52 Å². The maximum absolute atomic E-state index is 5.81. The second-order valence-electron chi connectivity index (χ2n) is 8.90. The maximum Gasteiger partial charge on any atom is 0.240 e. The van der Waals surface area contributed by atoms with Crippen LogP contribution in [-0.4, -0.2) is 26.6 Å². The van der Waals surface area contributed by atoms with Crippen molar-refractivity contribution in [3.8, 4) is 0 Å². The number of rotatable bonds is 5. The van der Waals surface area contributed by atoms with Gasteiger partial charge in [0.05, 0.1) is 23.7 Å². The minimum Gasteiger partial charge on any atom is -0.338 e. The molecule has 0 bridgehead atoms. The molecule has 3 aromatic rings. The summed E-state index contributed by atoms with van der Waals surface area (Å²) < 4.78 is 5.81. The Kier molecular flexibility index (Phi) is 5.38. The second-order valence-corrected chi connectivity index (χ2v) is 8.90. The van der Waals surface area contributed by atoms with Gasteiger partial charge in [0, 0.05) is 6.20 Å². The van der Waals surface area contributed by atoms with Gasteiger partial charge in [-0.3, -0.25) is 9.88 Å². The number of likely N-dealkylation sites (tertiary alicyclic amines) is 1. The molecular formula is C25H30N4O. The minimum atomic E-state index is -0.0995. The molecule has 1 unspecified atom stereocenters. The van der Waals surface area contributed by atoms with Crippen molar-refractivity contribution in [1.29, 1.82) is 0 Å².